The maximum Gasteiger partial charge on any atom is 0.224 e. The fourth-order valence-electron chi connectivity index (χ4n) is 2.62. The minimum Gasteiger partial charge on any atom is -0.326 e. The number of para-hydroxylation sites is 1. The largest absolute Gasteiger partial charge is 0.326 e. The molecule has 0 radical (unpaired) electrons. The number of benzene rings is 2. The number of carbonyl (C=O) groups is 1. The first-order valence-electron chi connectivity index (χ1n) is 7.95. The molecule has 0 bridgehead atoms. The molecule has 1 amide bonds. The zero-order chi connectivity index (χ0) is 16.1. The summed E-state index contributed by atoms with van der Waals surface area (Å²) in [5.74, 6) is 0.0854. The summed E-state index contributed by atoms with van der Waals surface area (Å²) in [5, 5.41) is 3.09. The van der Waals surface area contributed by atoms with Crippen molar-refractivity contribution in [2.45, 2.75) is 47.0 Å². The Morgan fingerprint density at radius 2 is 1.77 bits per heavy atom. The molecule has 116 valence electrons. The summed E-state index contributed by atoms with van der Waals surface area (Å²) >= 11 is 0. The van der Waals surface area contributed by atoms with Crippen LogP contribution in [0, 0.1) is 20.8 Å². The van der Waals surface area contributed by atoms with Crippen LogP contribution in [0.2, 0.25) is 0 Å². The van der Waals surface area contributed by atoms with Gasteiger partial charge in [-0.15, -0.1) is 0 Å². The Balaban J connectivity index is 2.00. The smallest absolute Gasteiger partial charge is 0.224 e. The molecule has 1 N–H and O–H groups in total. The van der Waals surface area contributed by atoms with E-state index in [1.807, 2.05) is 19.1 Å². The first-order valence-corrected chi connectivity index (χ1v) is 7.95. The lowest BCUT2D eigenvalue weighted by molar-refractivity contribution is -0.116. The molecular weight excluding hydrogens is 270 g/mol. The van der Waals surface area contributed by atoms with Gasteiger partial charge in [0.05, 0.1) is 0 Å². The quantitative estimate of drug-likeness (QED) is 0.847. The number of rotatable bonds is 5. The Morgan fingerprint density at radius 3 is 2.45 bits per heavy atom. The third kappa shape index (κ3) is 3.97. The summed E-state index contributed by atoms with van der Waals surface area (Å²) in [6.45, 7) is 8.37. The average molecular weight is 295 g/mol. The third-order valence-corrected chi connectivity index (χ3v) is 4.22. The Hall–Kier alpha value is -2.09. The summed E-state index contributed by atoms with van der Waals surface area (Å²) in [4.78, 5) is 12.2. The molecule has 0 saturated carbocycles. The summed E-state index contributed by atoms with van der Waals surface area (Å²) in [6, 6.07) is 12.6. The predicted octanol–water partition coefficient (Wildman–Crippen LogP) is 4.75. The summed E-state index contributed by atoms with van der Waals surface area (Å²) in [7, 11) is 0. The lowest BCUT2D eigenvalue weighted by atomic mass is 10.0. The summed E-state index contributed by atoms with van der Waals surface area (Å²) < 4.78 is 0. The average Bonchev–Trinajstić information content (AvgIpc) is 2.50. The molecule has 0 heterocycles. The van der Waals surface area contributed by atoms with Gasteiger partial charge in [-0.3, -0.25) is 4.79 Å². The van der Waals surface area contributed by atoms with Crippen LogP contribution < -0.4 is 5.32 Å². The molecule has 2 heteroatoms. The summed E-state index contributed by atoms with van der Waals surface area (Å²) in [6.07, 6.45) is 2.22. The fraction of sp³-hybridized carbons (Fsp3) is 0.350. The van der Waals surface area contributed by atoms with Gasteiger partial charge >= 0.3 is 0 Å². The van der Waals surface area contributed by atoms with Crippen molar-refractivity contribution in [1.82, 2.24) is 0 Å². The van der Waals surface area contributed by atoms with Crippen molar-refractivity contribution >= 4 is 11.6 Å². The van der Waals surface area contributed by atoms with Gasteiger partial charge in [0, 0.05) is 12.1 Å². The van der Waals surface area contributed by atoms with Crippen molar-refractivity contribution in [3.63, 3.8) is 0 Å². The Labute approximate surface area is 133 Å². The topological polar surface area (TPSA) is 29.1 Å². The molecule has 0 aromatic heterocycles. The zero-order valence-corrected chi connectivity index (χ0v) is 14.0. The maximum absolute atomic E-state index is 12.2. The second kappa shape index (κ2) is 7.26. The van der Waals surface area contributed by atoms with Crippen LogP contribution in [-0.2, 0) is 17.6 Å². The van der Waals surface area contributed by atoms with E-state index < -0.39 is 0 Å². The normalized spacial score (nSPS) is 10.5. The predicted molar refractivity (Wildman–Crippen MR) is 93.4 cm³/mol. The minimum atomic E-state index is 0.0854. The number of hydrogen-bond acceptors (Lipinski definition) is 1. The van der Waals surface area contributed by atoms with E-state index in [4.69, 9.17) is 0 Å². The SMILES string of the molecule is CCc1cccc(C)c1NC(=O)CCc1ccc(C)c(C)c1. The second-order valence-corrected chi connectivity index (χ2v) is 5.93. The van der Waals surface area contributed by atoms with Gasteiger partial charge in [0.2, 0.25) is 5.91 Å². The van der Waals surface area contributed by atoms with Gasteiger partial charge in [-0.05, 0) is 61.4 Å². The molecule has 0 unspecified atom stereocenters. The molecule has 0 spiro atoms. The lowest BCUT2D eigenvalue weighted by Crippen LogP contribution is -2.14. The number of amides is 1. The molecule has 2 nitrogen and oxygen atoms in total. The number of nitrogens with one attached hydrogen (secondary N) is 1. The standard InChI is InChI=1S/C20H25NO/c1-5-18-8-6-7-15(3)20(18)21-19(22)12-11-17-10-9-14(2)16(4)13-17/h6-10,13H,5,11-12H2,1-4H3,(H,21,22). The van der Waals surface area contributed by atoms with E-state index >= 15 is 0 Å². The van der Waals surface area contributed by atoms with Crippen LogP contribution in [-0.4, -0.2) is 5.91 Å². The van der Waals surface area contributed by atoms with Gasteiger partial charge in [0.15, 0.2) is 0 Å². The van der Waals surface area contributed by atoms with E-state index in [0.717, 1.165) is 24.1 Å². The van der Waals surface area contributed by atoms with Crippen LogP contribution in [0.3, 0.4) is 0 Å². The number of carbonyl (C=O) groups excluding carboxylic acids is 1. The van der Waals surface area contributed by atoms with Crippen molar-refractivity contribution < 1.29 is 4.79 Å². The van der Waals surface area contributed by atoms with Crippen molar-refractivity contribution in [2.75, 3.05) is 5.32 Å². The number of hydrogen-bond donors (Lipinski definition) is 1. The van der Waals surface area contributed by atoms with Crippen LogP contribution in [0.4, 0.5) is 5.69 Å². The molecule has 0 aliphatic rings. The van der Waals surface area contributed by atoms with E-state index in [0.29, 0.717) is 6.42 Å². The molecule has 2 aromatic carbocycles. The molecule has 0 fully saturated rings. The van der Waals surface area contributed by atoms with Gasteiger partial charge in [0.25, 0.3) is 0 Å². The third-order valence-electron chi connectivity index (χ3n) is 4.22. The Bertz CT molecular complexity index is 673. The van der Waals surface area contributed by atoms with Gasteiger partial charge in [0.1, 0.15) is 0 Å². The first-order chi connectivity index (χ1) is 10.5. The van der Waals surface area contributed by atoms with Crippen molar-refractivity contribution in [3.8, 4) is 0 Å². The van der Waals surface area contributed by atoms with Crippen LogP contribution in [0.25, 0.3) is 0 Å². The van der Waals surface area contributed by atoms with E-state index in [9.17, 15) is 4.79 Å². The minimum absolute atomic E-state index is 0.0854. The van der Waals surface area contributed by atoms with E-state index in [-0.39, 0.29) is 5.91 Å². The zero-order valence-electron chi connectivity index (χ0n) is 14.0. The van der Waals surface area contributed by atoms with E-state index in [1.54, 1.807) is 0 Å². The van der Waals surface area contributed by atoms with Gasteiger partial charge < -0.3 is 5.32 Å². The monoisotopic (exact) mass is 295 g/mol. The first kappa shape index (κ1) is 16.3. The van der Waals surface area contributed by atoms with Gasteiger partial charge in [-0.1, -0.05) is 43.3 Å². The van der Waals surface area contributed by atoms with Gasteiger partial charge in [-0.2, -0.15) is 0 Å². The number of aryl methyl sites for hydroxylation is 5. The van der Waals surface area contributed by atoms with E-state index in [1.165, 1.54) is 22.3 Å². The molecule has 2 rings (SSSR count). The molecule has 22 heavy (non-hydrogen) atoms. The highest BCUT2D eigenvalue weighted by molar-refractivity contribution is 5.92. The van der Waals surface area contributed by atoms with Crippen LogP contribution >= 0.6 is 0 Å². The van der Waals surface area contributed by atoms with Crippen molar-refractivity contribution in [3.05, 3.63) is 64.2 Å². The number of anilines is 1. The van der Waals surface area contributed by atoms with E-state index in [2.05, 4.69) is 50.4 Å². The maximum atomic E-state index is 12.2. The van der Waals surface area contributed by atoms with Gasteiger partial charge in [-0.25, -0.2) is 0 Å². The fourth-order valence-corrected chi connectivity index (χ4v) is 2.62. The molecular formula is C20H25NO. The van der Waals surface area contributed by atoms with Crippen LogP contribution in [0.1, 0.15) is 41.2 Å². The molecule has 0 saturated heterocycles. The summed E-state index contributed by atoms with van der Waals surface area (Å²) in [5.41, 5.74) is 7.10. The molecule has 0 aliphatic heterocycles. The highest BCUT2D eigenvalue weighted by atomic mass is 16.1. The Morgan fingerprint density at radius 1 is 1.00 bits per heavy atom. The molecule has 0 aliphatic carbocycles. The Kier molecular flexibility index (Phi) is 5.37. The van der Waals surface area contributed by atoms with Crippen LogP contribution in [0.15, 0.2) is 36.4 Å². The van der Waals surface area contributed by atoms with Crippen molar-refractivity contribution in [2.24, 2.45) is 0 Å². The second-order valence-electron chi connectivity index (χ2n) is 5.93. The highest BCUT2D eigenvalue weighted by Crippen LogP contribution is 2.21. The lowest BCUT2D eigenvalue weighted by Gasteiger charge is -2.13. The molecule has 2 aromatic rings. The van der Waals surface area contributed by atoms with Crippen molar-refractivity contribution in [1.29, 1.82) is 0 Å². The highest BCUT2D eigenvalue weighted by Gasteiger charge is 2.09. The molecule has 0 atom stereocenters. The van der Waals surface area contributed by atoms with Crippen LogP contribution in [0.5, 0.6) is 0 Å².